The topological polar surface area (TPSA) is 68.2 Å². The summed E-state index contributed by atoms with van der Waals surface area (Å²) in [6.45, 7) is 1.56. The second-order valence-corrected chi connectivity index (χ2v) is 4.73. The molecule has 2 heterocycles. The molecule has 0 spiro atoms. The molecule has 0 aromatic carbocycles. The molecule has 5 nitrogen and oxygen atoms in total. The summed E-state index contributed by atoms with van der Waals surface area (Å²) >= 11 is 0. The molecule has 1 aliphatic heterocycles. The molecule has 1 saturated heterocycles. The first-order valence-electron chi connectivity index (χ1n) is 5.70. The maximum atomic E-state index is 12.4. The number of aromatic nitrogens is 2. The summed E-state index contributed by atoms with van der Waals surface area (Å²) < 4.78 is 41.4. The van der Waals surface area contributed by atoms with Crippen molar-refractivity contribution >= 4 is 0 Å². The summed E-state index contributed by atoms with van der Waals surface area (Å²) in [4.78, 5) is 5.48. The van der Waals surface area contributed by atoms with Crippen molar-refractivity contribution in [1.82, 2.24) is 15.0 Å². The molecule has 0 bridgehead atoms. The summed E-state index contributed by atoms with van der Waals surface area (Å²) in [6.07, 6.45) is -2.76. The second-order valence-electron chi connectivity index (χ2n) is 4.73. The highest BCUT2D eigenvalue weighted by atomic mass is 19.4. The van der Waals surface area contributed by atoms with Crippen LogP contribution in [0.2, 0.25) is 0 Å². The number of halogens is 3. The van der Waals surface area contributed by atoms with Gasteiger partial charge in [0.25, 0.3) is 0 Å². The smallest absolute Gasteiger partial charge is 0.329 e. The van der Waals surface area contributed by atoms with Gasteiger partial charge in [0.1, 0.15) is 0 Å². The van der Waals surface area contributed by atoms with E-state index < -0.39 is 17.6 Å². The van der Waals surface area contributed by atoms with Crippen molar-refractivity contribution in [2.75, 3.05) is 20.1 Å². The predicted molar refractivity (Wildman–Crippen MR) is 56.5 cm³/mol. The van der Waals surface area contributed by atoms with Crippen LogP contribution in [0.15, 0.2) is 4.52 Å². The van der Waals surface area contributed by atoms with Crippen LogP contribution in [0.25, 0.3) is 0 Å². The Hall–Kier alpha value is -1.15. The summed E-state index contributed by atoms with van der Waals surface area (Å²) in [5.41, 5.74) is 5.19. The SMILES string of the molecule is CN1CCCC(N)(c2noc(C(F)(F)F)n2)CC1. The van der Waals surface area contributed by atoms with Gasteiger partial charge in [0.05, 0.1) is 5.54 Å². The molecule has 1 fully saturated rings. The third-order valence-electron chi connectivity index (χ3n) is 3.22. The van der Waals surface area contributed by atoms with E-state index in [2.05, 4.69) is 19.6 Å². The lowest BCUT2D eigenvalue weighted by atomic mass is 9.91. The molecule has 0 saturated carbocycles. The zero-order valence-electron chi connectivity index (χ0n) is 10.00. The lowest BCUT2D eigenvalue weighted by Gasteiger charge is -2.23. The Balaban J connectivity index is 2.21. The van der Waals surface area contributed by atoms with Crippen molar-refractivity contribution in [2.24, 2.45) is 5.73 Å². The van der Waals surface area contributed by atoms with Gasteiger partial charge in [-0.15, -0.1) is 0 Å². The van der Waals surface area contributed by atoms with Gasteiger partial charge in [0.15, 0.2) is 5.82 Å². The van der Waals surface area contributed by atoms with Crippen LogP contribution in [0.4, 0.5) is 13.2 Å². The second kappa shape index (κ2) is 4.51. The molecular formula is C10H15F3N4O. The van der Waals surface area contributed by atoms with E-state index >= 15 is 0 Å². The predicted octanol–water partition coefficient (Wildman–Crippen LogP) is 1.36. The van der Waals surface area contributed by atoms with Crippen LogP contribution in [-0.2, 0) is 11.7 Å². The van der Waals surface area contributed by atoms with E-state index in [0.717, 1.165) is 13.0 Å². The Morgan fingerprint density at radius 1 is 1.33 bits per heavy atom. The highest BCUT2D eigenvalue weighted by Crippen LogP contribution is 2.32. The Kier molecular flexibility index (Phi) is 3.33. The molecule has 102 valence electrons. The average molecular weight is 264 g/mol. The van der Waals surface area contributed by atoms with E-state index in [-0.39, 0.29) is 5.82 Å². The van der Waals surface area contributed by atoms with E-state index in [1.165, 1.54) is 0 Å². The molecule has 1 atom stereocenters. The minimum atomic E-state index is -4.62. The van der Waals surface area contributed by atoms with Crippen molar-refractivity contribution in [1.29, 1.82) is 0 Å². The minimum Gasteiger partial charge on any atom is -0.329 e. The molecule has 0 aliphatic carbocycles. The van der Waals surface area contributed by atoms with Crippen LogP contribution in [0, 0.1) is 0 Å². The largest absolute Gasteiger partial charge is 0.471 e. The average Bonchev–Trinajstić information content (AvgIpc) is 2.70. The Bertz CT molecular complexity index is 420. The van der Waals surface area contributed by atoms with Gasteiger partial charge in [-0.2, -0.15) is 18.2 Å². The molecule has 0 amide bonds. The molecule has 1 aromatic rings. The molecule has 1 unspecified atom stereocenters. The maximum Gasteiger partial charge on any atom is 0.471 e. The first-order chi connectivity index (χ1) is 8.31. The number of rotatable bonds is 1. The standard InChI is InChI=1S/C10H15F3N4O/c1-17-5-2-3-9(14,4-6-17)7-15-8(18-16-7)10(11,12)13/h2-6,14H2,1H3. The van der Waals surface area contributed by atoms with Crippen LogP contribution in [0.5, 0.6) is 0 Å². The van der Waals surface area contributed by atoms with Crippen LogP contribution in [-0.4, -0.2) is 35.2 Å². The molecule has 18 heavy (non-hydrogen) atoms. The van der Waals surface area contributed by atoms with Crippen molar-refractivity contribution < 1.29 is 17.7 Å². The van der Waals surface area contributed by atoms with E-state index in [1.54, 1.807) is 0 Å². The summed E-state index contributed by atoms with van der Waals surface area (Å²) in [7, 11) is 1.95. The third kappa shape index (κ3) is 2.64. The fourth-order valence-electron chi connectivity index (χ4n) is 2.06. The Morgan fingerprint density at radius 2 is 2.06 bits per heavy atom. The Labute approximate surface area is 102 Å². The highest BCUT2D eigenvalue weighted by molar-refractivity contribution is 5.06. The van der Waals surface area contributed by atoms with Crippen molar-refractivity contribution in [3.8, 4) is 0 Å². The molecule has 2 N–H and O–H groups in total. The first kappa shape index (κ1) is 13.3. The zero-order chi connectivity index (χ0) is 13.4. The summed E-state index contributed by atoms with van der Waals surface area (Å²) in [5, 5.41) is 3.40. The molecule has 2 rings (SSSR count). The number of hydrogen-bond donors (Lipinski definition) is 1. The van der Waals surface area contributed by atoms with Crippen LogP contribution >= 0.6 is 0 Å². The van der Waals surface area contributed by atoms with Crippen molar-refractivity contribution in [3.05, 3.63) is 11.7 Å². The minimum absolute atomic E-state index is 0.0508. The molecular weight excluding hydrogens is 249 g/mol. The van der Waals surface area contributed by atoms with Gasteiger partial charge in [-0.05, 0) is 32.9 Å². The molecule has 8 heteroatoms. The quantitative estimate of drug-likeness (QED) is 0.829. The van der Waals surface area contributed by atoms with Gasteiger partial charge in [-0.3, -0.25) is 0 Å². The monoisotopic (exact) mass is 264 g/mol. The summed E-state index contributed by atoms with van der Waals surface area (Å²) in [6, 6.07) is 0. The van der Waals surface area contributed by atoms with Gasteiger partial charge in [-0.25, -0.2) is 0 Å². The van der Waals surface area contributed by atoms with E-state index in [4.69, 9.17) is 5.73 Å². The fourth-order valence-corrected chi connectivity index (χ4v) is 2.06. The number of alkyl halides is 3. The van der Waals surface area contributed by atoms with Gasteiger partial charge in [0.2, 0.25) is 0 Å². The molecule has 0 radical (unpaired) electrons. The first-order valence-corrected chi connectivity index (χ1v) is 5.70. The number of likely N-dealkylation sites (tertiary alicyclic amines) is 1. The van der Waals surface area contributed by atoms with E-state index in [0.29, 0.717) is 19.4 Å². The van der Waals surface area contributed by atoms with E-state index in [1.807, 2.05) is 7.05 Å². The molecule has 1 aromatic heterocycles. The van der Waals surface area contributed by atoms with Gasteiger partial charge < -0.3 is 15.2 Å². The third-order valence-corrected chi connectivity index (χ3v) is 3.22. The van der Waals surface area contributed by atoms with Crippen molar-refractivity contribution in [3.63, 3.8) is 0 Å². The normalized spacial score (nSPS) is 27.2. The zero-order valence-corrected chi connectivity index (χ0v) is 10.00. The lowest BCUT2D eigenvalue weighted by Crippen LogP contribution is -2.38. The highest BCUT2D eigenvalue weighted by Gasteiger charge is 2.42. The lowest BCUT2D eigenvalue weighted by molar-refractivity contribution is -0.159. The Morgan fingerprint density at radius 3 is 2.67 bits per heavy atom. The van der Waals surface area contributed by atoms with Gasteiger partial charge >= 0.3 is 12.1 Å². The summed E-state index contributed by atoms with van der Waals surface area (Å²) in [5.74, 6) is -1.38. The number of hydrogen-bond acceptors (Lipinski definition) is 5. The van der Waals surface area contributed by atoms with Crippen molar-refractivity contribution in [2.45, 2.75) is 31.0 Å². The van der Waals surface area contributed by atoms with Crippen LogP contribution in [0.3, 0.4) is 0 Å². The molecule has 1 aliphatic rings. The van der Waals surface area contributed by atoms with Crippen LogP contribution in [0.1, 0.15) is 31.0 Å². The van der Waals surface area contributed by atoms with E-state index in [9.17, 15) is 13.2 Å². The van der Waals surface area contributed by atoms with Gasteiger partial charge in [0, 0.05) is 6.54 Å². The van der Waals surface area contributed by atoms with Gasteiger partial charge in [-0.1, -0.05) is 5.16 Å². The maximum absolute atomic E-state index is 12.4. The number of nitrogens with two attached hydrogens (primary N) is 1. The van der Waals surface area contributed by atoms with Crippen LogP contribution < -0.4 is 5.73 Å². The number of nitrogens with zero attached hydrogens (tertiary/aromatic N) is 3. The fraction of sp³-hybridized carbons (Fsp3) is 0.800.